The van der Waals surface area contributed by atoms with Crippen LogP contribution in [0.4, 0.5) is 5.82 Å². The molecule has 1 atom stereocenters. The Labute approximate surface area is 146 Å². The molecule has 0 aliphatic carbocycles. The van der Waals surface area contributed by atoms with Crippen molar-refractivity contribution in [1.82, 2.24) is 9.13 Å². The van der Waals surface area contributed by atoms with Crippen molar-refractivity contribution < 1.29 is 4.74 Å². The number of ether oxygens (including phenoxy) is 1. The van der Waals surface area contributed by atoms with Crippen LogP contribution in [-0.4, -0.2) is 16.2 Å². The standard InChI is InChI=1S/C18H22N4O3/c1-11(2)15(12-6-8-13(25-5)9-7-12)20-16-14(10-19)17(23)22(4)18(24)21(16)3/h6-9,11,15,20H,1-5H3/t15-/m0/s1. The molecule has 0 saturated heterocycles. The lowest BCUT2D eigenvalue weighted by molar-refractivity contribution is 0.414. The van der Waals surface area contributed by atoms with Crippen LogP contribution in [0.2, 0.25) is 0 Å². The number of hydrogen-bond donors (Lipinski definition) is 1. The van der Waals surface area contributed by atoms with Crippen LogP contribution >= 0.6 is 0 Å². The molecule has 0 radical (unpaired) electrons. The second kappa shape index (κ2) is 7.26. The predicted octanol–water partition coefficient (Wildman–Crippen LogP) is 1.77. The number of benzene rings is 1. The summed E-state index contributed by atoms with van der Waals surface area (Å²) in [5, 5.41) is 12.6. The van der Waals surface area contributed by atoms with E-state index >= 15 is 0 Å². The van der Waals surface area contributed by atoms with Crippen LogP contribution in [0.5, 0.6) is 5.75 Å². The van der Waals surface area contributed by atoms with Crippen molar-refractivity contribution in [3.05, 3.63) is 56.2 Å². The molecule has 0 amide bonds. The molecule has 7 nitrogen and oxygen atoms in total. The van der Waals surface area contributed by atoms with Gasteiger partial charge in [-0.15, -0.1) is 0 Å². The van der Waals surface area contributed by atoms with Crippen molar-refractivity contribution in [2.75, 3.05) is 12.4 Å². The van der Waals surface area contributed by atoms with Crippen LogP contribution in [-0.2, 0) is 14.1 Å². The van der Waals surface area contributed by atoms with Gasteiger partial charge in [-0.05, 0) is 23.6 Å². The fraction of sp³-hybridized carbons (Fsp3) is 0.389. The SMILES string of the molecule is COc1ccc([C@@H](Nc2c(C#N)c(=O)n(C)c(=O)n2C)C(C)C)cc1. The second-order valence-corrected chi connectivity index (χ2v) is 6.18. The number of hydrogen-bond acceptors (Lipinski definition) is 5. The number of nitrogens with one attached hydrogen (secondary N) is 1. The van der Waals surface area contributed by atoms with Gasteiger partial charge in [0.1, 0.15) is 17.6 Å². The molecular weight excluding hydrogens is 320 g/mol. The van der Waals surface area contributed by atoms with E-state index in [1.165, 1.54) is 18.7 Å². The normalized spacial score (nSPS) is 11.9. The molecule has 1 aromatic carbocycles. The molecule has 0 aliphatic rings. The first-order valence-corrected chi connectivity index (χ1v) is 7.92. The molecule has 132 valence electrons. The highest BCUT2D eigenvalue weighted by molar-refractivity contribution is 5.53. The first-order valence-electron chi connectivity index (χ1n) is 7.92. The van der Waals surface area contributed by atoms with Crippen LogP contribution in [0.3, 0.4) is 0 Å². The fourth-order valence-corrected chi connectivity index (χ4v) is 2.71. The maximum absolute atomic E-state index is 12.2. The maximum atomic E-state index is 12.2. The van der Waals surface area contributed by atoms with E-state index in [1.54, 1.807) is 7.11 Å². The molecular formula is C18H22N4O3. The lowest BCUT2D eigenvalue weighted by Gasteiger charge is -2.26. The number of nitrogens with zero attached hydrogens (tertiary/aromatic N) is 3. The Balaban J connectivity index is 2.56. The van der Waals surface area contributed by atoms with E-state index < -0.39 is 11.2 Å². The molecule has 0 saturated carbocycles. The van der Waals surface area contributed by atoms with Crippen LogP contribution in [0, 0.1) is 17.2 Å². The van der Waals surface area contributed by atoms with Gasteiger partial charge in [0.05, 0.1) is 13.2 Å². The van der Waals surface area contributed by atoms with E-state index in [-0.39, 0.29) is 23.3 Å². The van der Waals surface area contributed by atoms with Gasteiger partial charge < -0.3 is 10.1 Å². The lowest BCUT2D eigenvalue weighted by Crippen LogP contribution is -2.40. The number of rotatable bonds is 5. The predicted molar refractivity (Wildman–Crippen MR) is 95.8 cm³/mol. The van der Waals surface area contributed by atoms with E-state index in [0.29, 0.717) is 0 Å². The van der Waals surface area contributed by atoms with E-state index in [9.17, 15) is 14.9 Å². The van der Waals surface area contributed by atoms with Gasteiger partial charge >= 0.3 is 5.69 Å². The molecule has 1 aromatic heterocycles. The van der Waals surface area contributed by atoms with Gasteiger partial charge in [0.25, 0.3) is 5.56 Å². The van der Waals surface area contributed by atoms with Crippen LogP contribution < -0.4 is 21.3 Å². The van der Waals surface area contributed by atoms with Crippen molar-refractivity contribution >= 4 is 5.82 Å². The molecule has 2 aromatic rings. The lowest BCUT2D eigenvalue weighted by atomic mass is 9.95. The minimum Gasteiger partial charge on any atom is -0.497 e. The summed E-state index contributed by atoms with van der Waals surface area (Å²) in [7, 11) is 4.50. The molecule has 2 rings (SSSR count). The molecule has 0 unspecified atom stereocenters. The third-order valence-corrected chi connectivity index (χ3v) is 4.21. The van der Waals surface area contributed by atoms with Gasteiger partial charge in [-0.1, -0.05) is 26.0 Å². The van der Waals surface area contributed by atoms with Gasteiger partial charge in [-0.25, -0.2) is 4.79 Å². The molecule has 1 N–H and O–H groups in total. The van der Waals surface area contributed by atoms with Gasteiger partial charge in [-0.3, -0.25) is 13.9 Å². The zero-order chi connectivity index (χ0) is 18.7. The van der Waals surface area contributed by atoms with E-state index in [2.05, 4.69) is 5.32 Å². The Hall–Kier alpha value is -3.01. The Kier molecular flexibility index (Phi) is 5.32. The van der Waals surface area contributed by atoms with Crippen molar-refractivity contribution in [2.45, 2.75) is 19.9 Å². The monoisotopic (exact) mass is 342 g/mol. The van der Waals surface area contributed by atoms with Gasteiger partial charge in [0, 0.05) is 14.1 Å². The summed E-state index contributed by atoms with van der Waals surface area (Å²) >= 11 is 0. The Bertz CT molecular complexity index is 918. The summed E-state index contributed by atoms with van der Waals surface area (Å²) in [5.74, 6) is 1.12. The van der Waals surface area contributed by atoms with Crippen molar-refractivity contribution in [1.29, 1.82) is 5.26 Å². The number of methoxy groups -OCH3 is 1. The summed E-state index contributed by atoms with van der Waals surface area (Å²) in [6, 6.07) is 9.26. The van der Waals surface area contributed by atoms with Crippen molar-refractivity contribution in [3.8, 4) is 11.8 Å². The third kappa shape index (κ3) is 3.43. The largest absolute Gasteiger partial charge is 0.497 e. The van der Waals surface area contributed by atoms with E-state index in [1.807, 2.05) is 44.2 Å². The van der Waals surface area contributed by atoms with E-state index in [0.717, 1.165) is 15.9 Å². The fourth-order valence-electron chi connectivity index (χ4n) is 2.71. The number of aromatic nitrogens is 2. The van der Waals surface area contributed by atoms with Gasteiger partial charge in [0.15, 0.2) is 5.56 Å². The second-order valence-electron chi connectivity index (χ2n) is 6.18. The van der Waals surface area contributed by atoms with Gasteiger partial charge in [0.2, 0.25) is 0 Å². The summed E-state index contributed by atoms with van der Waals surface area (Å²) in [6.07, 6.45) is 0. The van der Waals surface area contributed by atoms with Crippen LogP contribution in [0.25, 0.3) is 0 Å². The number of anilines is 1. The molecule has 0 bridgehead atoms. The molecule has 0 spiro atoms. The molecule has 0 aliphatic heterocycles. The van der Waals surface area contributed by atoms with E-state index in [4.69, 9.17) is 4.74 Å². The topological polar surface area (TPSA) is 89.1 Å². The minimum atomic E-state index is -0.606. The Morgan fingerprint density at radius 1 is 1.12 bits per heavy atom. The van der Waals surface area contributed by atoms with Gasteiger partial charge in [-0.2, -0.15) is 5.26 Å². The first-order chi connectivity index (χ1) is 11.8. The Morgan fingerprint density at radius 3 is 2.20 bits per heavy atom. The quantitative estimate of drug-likeness (QED) is 0.894. The highest BCUT2D eigenvalue weighted by Gasteiger charge is 2.22. The van der Waals surface area contributed by atoms with Crippen molar-refractivity contribution in [2.24, 2.45) is 20.0 Å². The third-order valence-electron chi connectivity index (χ3n) is 4.21. The summed E-state index contributed by atoms with van der Waals surface area (Å²) < 4.78 is 7.40. The average Bonchev–Trinajstić information content (AvgIpc) is 2.61. The molecule has 7 heteroatoms. The molecule has 1 heterocycles. The zero-order valence-electron chi connectivity index (χ0n) is 15.0. The highest BCUT2D eigenvalue weighted by Crippen LogP contribution is 2.28. The molecule has 25 heavy (non-hydrogen) atoms. The first kappa shape index (κ1) is 18.3. The van der Waals surface area contributed by atoms with Crippen molar-refractivity contribution in [3.63, 3.8) is 0 Å². The zero-order valence-corrected chi connectivity index (χ0v) is 15.0. The Morgan fingerprint density at radius 2 is 1.72 bits per heavy atom. The average molecular weight is 342 g/mol. The summed E-state index contributed by atoms with van der Waals surface area (Å²) in [6.45, 7) is 4.04. The summed E-state index contributed by atoms with van der Waals surface area (Å²) in [4.78, 5) is 24.4. The van der Waals surface area contributed by atoms with Crippen LogP contribution in [0.15, 0.2) is 33.9 Å². The summed E-state index contributed by atoms with van der Waals surface area (Å²) in [5.41, 5.74) is -0.203. The van der Waals surface area contributed by atoms with Crippen LogP contribution in [0.1, 0.15) is 31.0 Å². The molecule has 0 fully saturated rings. The smallest absolute Gasteiger partial charge is 0.332 e. The minimum absolute atomic E-state index is 0.0799. The number of nitriles is 1. The maximum Gasteiger partial charge on any atom is 0.332 e. The highest BCUT2D eigenvalue weighted by atomic mass is 16.5.